The van der Waals surface area contributed by atoms with Crippen LogP contribution in [0.25, 0.3) is 11.1 Å². The summed E-state index contributed by atoms with van der Waals surface area (Å²) >= 11 is 0. The third-order valence-corrected chi connectivity index (χ3v) is 2.60. The van der Waals surface area contributed by atoms with Gasteiger partial charge in [-0.2, -0.15) is 26.3 Å². The fourth-order valence-electron chi connectivity index (χ4n) is 1.64. The molecule has 0 fully saturated rings. The third kappa shape index (κ3) is 3.45. The van der Waals surface area contributed by atoms with Gasteiger partial charge in [-0.05, 0) is 29.3 Å². The maximum Gasteiger partial charge on any atom is 0.449 e. The van der Waals surface area contributed by atoms with E-state index in [2.05, 4.69) is 4.42 Å². The number of benzene rings is 1. The third-order valence-electron chi connectivity index (χ3n) is 2.60. The summed E-state index contributed by atoms with van der Waals surface area (Å²) in [5.74, 6) is -1.51. The fraction of sp³-hybridized carbons (Fsp3) is 0.154. The van der Waals surface area contributed by atoms with Gasteiger partial charge in [-0.3, -0.25) is 0 Å². The summed E-state index contributed by atoms with van der Waals surface area (Å²) in [6, 6.07) is 4.74. The average Bonchev–Trinajstić information content (AvgIpc) is 2.36. The standard InChI is InChI=1S/C13H6F6O2/c14-12(15,16)9-3-1-7(2-4-9)8-5-10(13(17,18)19)21-11(20)6-8/h1-6H. The van der Waals surface area contributed by atoms with Crippen molar-refractivity contribution in [2.24, 2.45) is 0 Å². The van der Waals surface area contributed by atoms with Gasteiger partial charge in [0, 0.05) is 6.07 Å². The Bertz CT molecular complexity index is 694. The van der Waals surface area contributed by atoms with Crippen LogP contribution in [0.15, 0.2) is 45.6 Å². The molecule has 2 rings (SSSR count). The van der Waals surface area contributed by atoms with Crippen LogP contribution in [-0.4, -0.2) is 0 Å². The van der Waals surface area contributed by atoms with Crippen molar-refractivity contribution in [2.75, 3.05) is 0 Å². The molecule has 2 aromatic rings. The van der Waals surface area contributed by atoms with Gasteiger partial charge in [-0.15, -0.1) is 0 Å². The van der Waals surface area contributed by atoms with Gasteiger partial charge < -0.3 is 4.42 Å². The molecule has 0 aliphatic carbocycles. The molecule has 2 nitrogen and oxygen atoms in total. The van der Waals surface area contributed by atoms with Gasteiger partial charge in [0.2, 0.25) is 5.76 Å². The van der Waals surface area contributed by atoms with Crippen LogP contribution in [0.4, 0.5) is 26.3 Å². The molecule has 0 N–H and O–H groups in total. The topological polar surface area (TPSA) is 30.2 Å². The smallest absolute Gasteiger partial charge is 0.418 e. The van der Waals surface area contributed by atoms with Crippen LogP contribution in [-0.2, 0) is 12.4 Å². The van der Waals surface area contributed by atoms with E-state index >= 15 is 0 Å². The highest BCUT2D eigenvalue weighted by Crippen LogP contribution is 2.33. The molecule has 1 aromatic carbocycles. The van der Waals surface area contributed by atoms with Crippen molar-refractivity contribution >= 4 is 0 Å². The molecule has 112 valence electrons. The first-order valence-electron chi connectivity index (χ1n) is 5.47. The fourth-order valence-corrected chi connectivity index (χ4v) is 1.64. The summed E-state index contributed by atoms with van der Waals surface area (Å²) < 4.78 is 78.7. The van der Waals surface area contributed by atoms with Crippen LogP contribution >= 0.6 is 0 Å². The largest absolute Gasteiger partial charge is 0.449 e. The lowest BCUT2D eigenvalue weighted by Crippen LogP contribution is -2.10. The van der Waals surface area contributed by atoms with Gasteiger partial charge >= 0.3 is 18.0 Å². The molecule has 0 radical (unpaired) electrons. The zero-order chi connectivity index (χ0) is 15.8. The minimum atomic E-state index is -4.86. The second kappa shape index (κ2) is 4.94. The first-order valence-corrected chi connectivity index (χ1v) is 5.47. The Hall–Kier alpha value is -2.25. The maximum atomic E-state index is 12.5. The molecule has 0 aliphatic rings. The van der Waals surface area contributed by atoms with Crippen LogP contribution in [0.1, 0.15) is 11.3 Å². The van der Waals surface area contributed by atoms with Crippen molar-refractivity contribution in [1.29, 1.82) is 0 Å². The highest BCUT2D eigenvalue weighted by molar-refractivity contribution is 5.63. The Kier molecular flexibility index (Phi) is 3.56. The molecule has 0 amide bonds. The molecule has 0 saturated heterocycles. The maximum absolute atomic E-state index is 12.5. The molecule has 0 unspecified atom stereocenters. The molecular weight excluding hydrogens is 302 g/mol. The van der Waals surface area contributed by atoms with E-state index < -0.39 is 29.3 Å². The number of hydrogen-bond donors (Lipinski definition) is 0. The van der Waals surface area contributed by atoms with E-state index in [0.29, 0.717) is 6.07 Å². The number of hydrogen-bond acceptors (Lipinski definition) is 2. The number of halogens is 6. The second-order valence-electron chi connectivity index (χ2n) is 4.10. The minimum Gasteiger partial charge on any atom is -0.418 e. The van der Waals surface area contributed by atoms with E-state index in [4.69, 9.17) is 0 Å². The summed E-state index contributed by atoms with van der Waals surface area (Å²) in [5.41, 5.74) is -2.31. The lowest BCUT2D eigenvalue weighted by atomic mass is 10.0. The predicted molar refractivity (Wildman–Crippen MR) is 60.4 cm³/mol. The van der Waals surface area contributed by atoms with Crippen molar-refractivity contribution in [3.8, 4) is 11.1 Å². The van der Waals surface area contributed by atoms with Crippen LogP contribution in [0.2, 0.25) is 0 Å². The van der Waals surface area contributed by atoms with Gasteiger partial charge in [-0.1, -0.05) is 12.1 Å². The first-order chi connectivity index (χ1) is 9.57. The van der Waals surface area contributed by atoms with Crippen LogP contribution in [0.3, 0.4) is 0 Å². The average molecular weight is 308 g/mol. The monoisotopic (exact) mass is 308 g/mol. The summed E-state index contributed by atoms with van der Waals surface area (Å²) in [4.78, 5) is 11.1. The molecule has 8 heteroatoms. The highest BCUT2D eigenvalue weighted by atomic mass is 19.4. The van der Waals surface area contributed by atoms with Crippen molar-refractivity contribution < 1.29 is 30.8 Å². The predicted octanol–water partition coefficient (Wildman–Crippen LogP) is 4.34. The number of alkyl halides is 6. The van der Waals surface area contributed by atoms with Gasteiger partial charge in [0.15, 0.2) is 0 Å². The van der Waals surface area contributed by atoms with Crippen LogP contribution in [0.5, 0.6) is 0 Å². The molecule has 21 heavy (non-hydrogen) atoms. The van der Waals surface area contributed by atoms with E-state index in [9.17, 15) is 31.1 Å². The molecule has 0 spiro atoms. The van der Waals surface area contributed by atoms with Crippen molar-refractivity contribution in [3.05, 3.63) is 58.1 Å². The van der Waals surface area contributed by atoms with E-state index in [1.165, 1.54) is 0 Å². The molecule has 0 bridgehead atoms. The van der Waals surface area contributed by atoms with Gasteiger partial charge in [0.05, 0.1) is 5.56 Å². The van der Waals surface area contributed by atoms with E-state index in [-0.39, 0.29) is 11.1 Å². The normalized spacial score (nSPS) is 12.5. The first kappa shape index (κ1) is 15.1. The summed E-state index contributed by atoms with van der Waals surface area (Å²) in [6.07, 6.45) is -9.41. The molecule has 0 atom stereocenters. The summed E-state index contributed by atoms with van der Waals surface area (Å²) in [7, 11) is 0. The van der Waals surface area contributed by atoms with Crippen molar-refractivity contribution in [1.82, 2.24) is 0 Å². The second-order valence-corrected chi connectivity index (χ2v) is 4.10. The Balaban J connectivity index is 2.48. The molecular formula is C13H6F6O2. The van der Waals surface area contributed by atoms with Gasteiger partial charge in [0.1, 0.15) is 0 Å². The lowest BCUT2D eigenvalue weighted by molar-refractivity contribution is -0.154. The molecule has 1 aromatic heterocycles. The highest BCUT2D eigenvalue weighted by Gasteiger charge is 2.35. The Labute approximate surface area is 113 Å². The van der Waals surface area contributed by atoms with Crippen LogP contribution in [0, 0.1) is 0 Å². The summed E-state index contributed by atoms with van der Waals surface area (Å²) in [5, 5.41) is 0. The molecule has 0 saturated carbocycles. The van der Waals surface area contributed by atoms with Gasteiger partial charge in [0.25, 0.3) is 0 Å². The quantitative estimate of drug-likeness (QED) is 0.733. The summed E-state index contributed by atoms with van der Waals surface area (Å²) in [6.45, 7) is 0. The molecule has 0 aliphatic heterocycles. The Morgan fingerprint density at radius 3 is 1.81 bits per heavy atom. The minimum absolute atomic E-state index is 0.0430. The SMILES string of the molecule is O=c1cc(-c2ccc(C(F)(F)F)cc2)cc(C(F)(F)F)o1. The molecule has 1 heterocycles. The van der Waals surface area contributed by atoms with E-state index in [1.807, 2.05) is 0 Å². The van der Waals surface area contributed by atoms with Crippen molar-refractivity contribution in [2.45, 2.75) is 12.4 Å². The van der Waals surface area contributed by atoms with E-state index in [1.54, 1.807) is 0 Å². The lowest BCUT2D eigenvalue weighted by Gasteiger charge is -2.09. The van der Waals surface area contributed by atoms with Gasteiger partial charge in [-0.25, -0.2) is 4.79 Å². The van der Waals surface area contributed by atoms with Crippen molar-refractivity contribution in [3.63, 3.8) is 0 Å². The Morgan fingerprint density at radius 2 is 1.33 bits per heavy atom. The Morgan fingerprint density at radius 1 is 0.762 bits per heavy atom. The zero-order valence-corrected chi connectivity index (χ0v) is 10.0. The van der Waals surface area contributed by atoms with E-state index in [0.717, 1.165) is 30.3 Å². The van der Waals surface area contributed by atoms with Crippen LogP contribution < -0.4 is 5.63 Å². The zero-order valence-electron chi connectivity index (χ0n) is 10.0. The number of rotatable bonds is 1.